The molecule has 0 radical (unpaired) electrons. The SMILES string of the molecule is O=C1CCCCC1C1CCCCN1C(=O)c1cncnc1. The van der Waals surface area contributed by atoms with Gasteiger partial charge >= 0.3 is 0 Å². The maximum absolute atomic E-state index is 12.7. The molecule has 1 aliphatic carbocycles. The summed E-state index contributed by atoms with van der Waals surface area (Å²) < 4.78 is 0. The van der Waals surface area contributed by atoms with E-state index in [-0.39, 0.29) is 17.9 Å². The minimum atomic E-state index is -0.0290. The number of rotatable bonds is 2. The number of ketones is 1. The molecule has 1 aliphatic heterocycles. The van der Waals surface area contributed by atoms with E-state index in [9.17, 15) is 9.59 Å². The van der Waals surface area contributed by atoms with Crippen LogP contribution < -0.4 is 0 Å². The van der Waals surface area contributed by atoms with Crippen LogP contribution in [0.5, 0.6) is 0 Å². The summed E-state index contributed by atoms with van der Waals surface area (Å²) in [6.45, 7) is 0.738. The number of carbonyl (C=O) groups is 2. The second-order valence-electron chi connectivity index (χ2n) is 6.01. The van der Waals surface area contributed by atoms with Gasteiger partial charge in [-0.15, -0.1) is 0 Å². The second kappa shape index (κ2) is 6.33. The standard InChI is InChI=1S/C16H21N3O2/c20-15-7-2-1-5-13(15)14-6-3-4-8-19(14)16(21)12-9-17-11-18-10-12/h9-11,13-14H,1-8H2. The number of likely N-dealkylation sites (tertiary alicyclic amines) is 1. The van der Waals surface area contributed by atoms with E-state index < -0.39 is 0 Å². The topological polar surface area (TPSA) is 63.2 Å². The molecule has 0 N–H and O–H groups in total. The molecule has 1 saturated heterocycles. The molecular formula is C16H21N3O2. The van der Waals surface area contributed by atoms with E-state index in [1.54, 1.807) is 12.4 Å². The number of hydrogen-bond donors (Lipinski definition) is 0. The van der Waals surface area contributed by atoms with Crippen molar-refractivity contribution in [2.75, 3.05) is 6.54 Å². The van der Waals surface area contributed by atoms with E-state index in [4.69, 9.17) is 0 Å². The molecule has 2 heterocycles. The zero-order chi connectivity index (χ0) is 14.7. The molecule has 1 amide bonds. The Morgan fingerprint density at radius 3 is 2.62 bits per heavy atom. The number of aromatic nitrogens is 2. The van der Waals surface area contributed by atoms with Gasteiger partial charge in [-0.3, -0.25) is 9.59 Å². The van der Waals surface area contributed by atoms with Crippen LogP contribution in [0, 0.1) is 5.92 Å². The predicted molar refractivity (Wildman–Crippen MR) is 77.7 cm³/mol. The van der Waals surface area contributed by atoms with Gasteiger partial charge in [0.05, 0.1) is 5.56 Å². The molecule has 2 unspecified atom stereocenters. The van der Waals surface area contributed by atoms with Gasteiger partial charge < -0.3 is 4.90 Å². The zero-order valence-corrected chi connectivity index (χ0v) is 12.2. The number of Topliss-reactive ketones (excluding diaryl/α,β-unsaturated/α-hetero) is 1. The lowest BCUT2D eigenvalue weighted by Crippen LogP contribution is -2.50. The first-order valence-electron chi connectivity index (χ1n) is 7.86. The minimum absolute atomic E-state index is 0.0290. The maximum atomic E-state index is 12.7. The van der Waals surface area contributed by atoms with Crippen molar-refractivity contribution >= 4 is 11.7 Å². The quantitative estimate of drug-likeness (QED) is 0.836. The normalized spacial score (nSPS) is 26.7. The fourth-order valence-electron chi connectivity index (χ4n) is 3.62. The van der Waals surface area contributed by atoms with Crippen LogP contribution in [-0.4, -0.2) is 39.1 Å². The van der Waals surface area contributed by atoms with Crippen LogP contribution in [0.25, 0.3) is 0 Å². The van der Waals surface area contributed by atoms with Crippen LogP contribution in [0.1, 0.15) is 55.3 Å². The van der Waals surface area contributed by atoms with E-state index in [1.165, 1.54) is 6.33 Å². The van der Waals surface area contributed by atoms with Crippen molar-refractivity contribution in [1.82, 2.24) is 14.9 Å². The molecule has 3 rings (SSSR count). The molecule has 2 atom stereocenters. The minimum Gasteiger partial charge on any atom is -0.335 e. The Labute approximate surface area is 124 Å². The first-order valence-corrected chi connectivity index (χ1v) is 7.86. The molecule has 112 valence electrons. The van der Waals surface area contributed by atoms with E-state index >= 15 is 0 Å². The van der Waals surface area contributed by atoms with Crippen LogP contribution >= 0.6 is 0 Å². The highest BCUT2D eigenvalue weighted by molar-refractivity contribution is 5.94. The number of nitrogens with zero attached hydrogens (tertiary/aromatic N) is 3. The molecule has 21 heavy (non-hydrogen) atoms. The molecule has 0 bridgehead atoms. The fourth-order valence-corrected chi connectivity index (χ4v) is 3.62. The van der Waals surface area contributed by atoms with Gasteiger partial charge in [0, 0.05) is 37.3 Å². The average Bonchev–Trinajstić information content (AvgIpc) is 2.55. The van der Waals surface area contributed by atoms with Crippen molar-refractivity contribution in [1.29, 1.82) is 0 Å². The Bertz CT molecular complexity index is 518. The van der Waals surface area contributed by atoms with Crippen molar-refractivity contribution < 1.29 is 9.59 Å². The fraction of sp³-hybridized carbons (Fsp3) is 0.625. The molecule has 5 heteroatoms. The van der Waals surface area contributed by atoms with Gasteiger partial charge in [0.1, 0.15) is 12.1 Å². The largest absolute Gasteiger partial charge is 0.335 e. The van der Waals surface area contributed by atoms with Crippen LogP contribution in [0.3, 0.4) is 0 Å². The maximum Gasteiger partial charge on any atom is 0.257 e. The monoisotopic (exact) mass is 287 g/mol. The molecule has 1 aromatic heterocycles. The van der Waals surface area contributed by atoms with E-state index in [0.29, 0.717) is 17.8 Å². The van der Waals surface area contributed by atoms with Gasteiger partial charge in [0.25, 0.3) is 5.91 Å². The van der Waals surface area contributed by atoms with Crippen molar-refractivity contribution in [2.24, 2.45) is 5.92 Å². The number of piperidine rings is 1. The van der Waals surface area contributed by atoms with Crippen LogP contribution in [0.4, 0.5) is 0 Å². The molecule has 1 saturated carbocycles. The van der Waals surface area contributed by atoms with E-state index in [2.05, 4.69) is 9.97 Å². The average molecular weight is 287 g/mol. The Balaban J connectivity index is 1.81. The van der Waals surface area contributed by atoms with Gasteiger partial charge in [-0.05, 0) is 32.1 Å². The molecular weight excluding hydrogens is 266 g/mol. The summed E-state index contributed by atoms with van der Waals surface area (Å²) in [6, 6.07) is 0.0688. The van der Waals surface area contributed by atoms with Crippen LogP contribution in [0.15, 0.2) is 18.7 Å². The Kier molecular flexibility index (Phi) is 4.27. The first kappa shape index (κ1) is 14.2. The zero-order valence-electron chi connectivity index (χ0n) is 12.2. The Morgan fingerprint density at radius 1 is 1.10 bits per heavy atom. The smallest absolute Gasteiger partial charge is 0.257 e. The van der Waals surface area contributed by atoms with Crippen LogP contribution in [0.2, 0.25) is 0 Å². The molecule has 2 fully saturated rings. The molecule has 2 aliphatic rings. The third-order valence-corrected chi connectivity index (χ3v) is 4.68. The third-order valence-electron chi connectivity index (χ3n) is 4.68. The van der Waals surface area contributed by atoms with Crippen LogP contribution in [-0.2, 0) is 4.79 Å². The summed E-state index contributed by atoms with van der Waals surface area (Å²) in [5, 5.41) is 0. The lowest BCUT2D eigenvalue weighted by atomic mass is 9.79. The lowest BCUT2D eigenvalue weighted by Gasteiger charge is -2.41. The van der Waals surface area contributed by atoms with E-state index in [0.717, 1.165) is 45.1 Å². The summed E-state index contributed by atoms with van der Waals surface area (Å²) in [7, 11) is 0. The second-order valence-corrected chi connectivity index (χ2v) is 6.01. The van der Waals surface area contributed by atoms with Crippen molar-refractivity contribution in [2.45, 2.75) is 51.0 Å². The summed E-state index contributed by atoms with van der Waals surface area (Å²) in [4.78, 5) is 34.7. The molecule has 0 spiro atoms. The van der Waals surface area contributed by atoms with Gasteiger partial charge in [-0.25, -0.2) is 9.97 Å². The third kappa shape index (κ3) is 2.96. The predicted octanol–water partition coefficient (Wildman–Crippen LogP) is 2.23. The van der Waals surface area contributed by atoms with Crippen molar-refractivity contribution in [3.63, 3.8) is 0 Å². The van der Waals surface area contributed by atoms with Crippen molar-refractivity contribution in [3.8, 4) is 0 Å². The highest BCUT2D eigenvalue weighted by atomic mass is 16.2. The van der Waals surface area contributed by atoms with Gasteiger partial charge in [-0.1, -0.05) is 6.42 Å². The van der Waals surface area contributed by atoms with Crippen molar-refractivity contribution in [3.05, 3.63) is 24.3 Å². The van der Waals surface area contributed by atoms with E-state index in [1.807, 2.05) is 4.90 Å². The summed E-state index contributed by atoms with van der Waals surface area (Å²) in [5.74, 6) is 0.349. The number of hydrogen-bond acceptors (Lipinski definition) is 4. The summed E-state index contributed by atoms with van der Waals surface area (Å²) >= 11 is 0. The molecule has 5 nitrogen and oxygen atoms in total. The highest BCUT2D eigenvalue weighted by Gasteiger charge is 2.37. The van der Waals surface area contributed by atoms with Gasteiger partial charge in [0.2, 0.25) is 0 Å². The first-order chi connectivity index (χ1) is 10.3. The lowest BCUT2D eigenvalue weighted by molar-refractivity contribution is -0.127. The van der Waals surface area contributed by atoms with Gasteiger partial charge in [0.15, 0.2) is 0 Å². The molecule has 0 aromatic carbocycles. The molecule has 1 aromatic rings. The number of amides is 1. The summed E-state index contributed by atoms with van der Waals surface area (Å²) in [5.41, 5.74) is 0.521. The number of carbonyl (C=O) groups excluding carboxylic acids is 2. The Morgan fingerprint density at radius 2 is 1.86 bits per heavy atom. The summed E-state index contributed by atoms with van der Waals surface area (Å²) in [6.07, 6.45) is 11.3. The van der Waals surface area contributed by atoms with Gasteiger partial charge in [-0.2, -0.15) is 0 Å². The highest BCUT2D eigenvalue weighted by Crippen LogP contribution is 2.32. The Hall–Kier alpha value is -1.78.